The number of aryl methyl sites for hydroxylation is 1. The standard InChI is InChI=1S/C15H21N5O4/c1-18-12-11(13(23)19(2)15(18)24)20(8-10(21)22)14(17-12)16-9-6-4-3-5-7-9/h9H,3-8H2,1-2H3,(H,16,17)(H,21,22). The Morgan fingerprint density at radius 1 is 1.21 bits per heavy atom. The Hall–Kier alpha value is -2.58. The Morgan fingerprint density at radius 3 is 2.50 bits per heavy atom. The van der Waals surface area contributed by atoms with Crippen LogP contribution in [0.2, 0.25) is 0 Å². The topological polar surface area (TPSA) is 111 Å². The minimum atomic E-state index is -1.07. The van der Waals surface area contributed by atoms with Gasteiger partial charge >= 0.3 is 11.7 Å². The number of aliphatic carboxylic acids is 1. The van der Waals surface area contributed by atoms with Crippen molar-refractivity contribution in [2.45, 2.75) is 44.7 Å². The van der Waals surface area contributed by atoms with E-state index in [1.807, 2.05) is 0 Å². The van der Waals surface area contributed by atoms with Gasteiger partial charge in [0.1, 0.15) is 6.54 Å². The van der Waals surface area contributed by atoms with E-state index in [0.717, 1.165) is 30.3 Å². The summed E-state index contributed by atoms with van der Waals surface area (Å²) in [5.41, 5.74) is -0.710. The van der Waals surface area contributed by atoms with Crippen molar-refractivity contribution in [1.29, 1.82) is 0 Å². The molecule has 0 spiro atoms. The van der Waals surface area contributed by atoms with Crippen LogP contribution >= 0.6 is 0 Å². The highest BCUT2D eigenvalue weighted by atomic mass is 16.4. The van der Waals surface area contributed by atoms with E-state index in [9.17, 15) is 19.5 Å². The molecule has 0 saturated heterocycles. The minimum absolute atomic E-state index is 0.125. The Morgan fingerprint density at radius 2 is 1.88 bits per heavy atom. The zero-order valence-corrected chi connectivity index (χ0v) is 13.8. The van der Waals surface area contributed by atoms with Crippen LogP contribution in [0.3, 0.4) is 0 Å². The van der Waals surface area contributed by atoms with Crippen LogP contribution in [0.5, 0.6) is 0 Å². The number of nitrogens with zero attached hydrogens (tertiary/aromatic N) is 4. The van der Waals surface area contributed by atoms with Crippen LogP contribution in [0.1, 0.15) is 32.1 Å². The van der Waals surface area contributed by atoms with Gasteiger partial charge in [-0.2, -0.15) is 4.98 Å². The monoisotopic (exact) mass is 335 g/mol. The molecule has 0 amide bonds. The van der Waals surface area contributed by atoms with Crippen LogP contribution in [-0.4, -0.2) is 35.8 Å². The molecule has 1 aliphatic rings. The summed E-state index contributed by atoms with van der Waals surface area (Å²) in [5.74, 6) is -0.741. The smallest absolute Gasteiger partial charge is 0.332 e. The zero-order valence-electron chi connectivity index (χ0n) is 13.8. The molecule has 0 bridgehead atoms. The number of rotatable bonds is 4. The first-order chi connectivity index (χ1) is 11.4. The lowest BCUT2D eigenvalue weighted by Crippen LogP contribution is -2.37. The number of nitrogens with one attached hydrogen (secondary N) is 1. The van der Waals surface area contributed by atoms with Crippen molar-refractivity contribution in [3.05, 3.63) is 20.8 Å². The van der Waals surface area contributed by atoms with Crippen LogP contribution in [-0.2, 0) is 25.4 Å². The molecule has 130 valence electrons. The number of imidazole rings is 1. The van der Waals surface area contributed by atoms with Gasteiger partial charge in [-0.25, -0.2) is 4.79 Å². The molecule has 0 radical (unpaired) electrons. The molecule has 3 rings (SSSR count). The summed E-state index contributed by atoms with van der Waals surface area (Å²) in [5, 5.41) is 12.5. The highest BCUT2D eigenvalue weighted by Crippen LogP contribution is 2.23. The number of carboxylic acid groups (broad SMARTS) is 1. The number of carbonyl (C=O) groups is 1. The Labute approximate surface area is 137 Å². The maximum Gasteiger partial charge on any atom is 0.332 e. The molecular weight excluding hydrogens is 314 g/mol. The molecule has 2 heterocycles. The molecule has 1 fully saturated rings. The fraction of sp³-hybridized carbons (Fsp3) is 0.600. The summed E-state index contributed by atoms with van der Waals surface area (Å²) in [6.07, 6.45) is 5.37. The number of anilines is 1. The van der Waals surface area contributed by atoms with E-state index in [1.165, 1.54) is 29.7 Å². The van der Waals surface area contributed by atoms with Crippen LogP contribution < -0.4 is 16.6 Å². The third-order valence-corrected chi connectivity index (χ3v) is 4.58. The Bertz CT molecular complexity index is 901. The fourth-order valence-corrected chi connectivity index (χ4v) is 3.28. The van der Waals surface area contributed by atoms with Crippen LogP contribution in [0, 0.1) is 0 Å². The van der Waals surface area contributed by atoms with E-state index in [2.05, 4.69) is 10.3 Å². The van der Waals surface area contributed by atoms with Gasteiger partial charge in [-0.3, -0.25) is 23.3 Å². The maximum atomic E-state index is 12.5. The third-order valence-electron chi connectivity index (χ3n) is 4.58. The summed E-state index contributed by atoms with van der Waals surface area (Å²) in [6, 6.07) is 0.198. The second-order valence-electron chi connectivity index (χ2n) is 6.27. The summed E-state index contributed by atoms with van der Waals surface area (Å²) >= 11 is 0. The average molecular weight is 335 g/mol. The zero-order chi connectivity index (χ0) is 17.4. The van der Waals surface area contributed by atoms with Gasteiger partial charge in [0.15, 0.2) is 11.2 Å². The lowest BCUT2D eigenvalue weighted by molar-refractivity contribution is -0.137. The minimum Gasteiger partial charge on any atom is -0.480 e. The van der Waals surface area contributed by atoms with Crippen molar-refractivity contribution in [3.63, 3.8) is 0 Å². The summed E-state index contributed by atoms with van der Waals surface area (Å²) < 4.78 is 3.59. The van der Waals surface area contributed by atoms with Gasteiger partial charge in [0, 0.05) is 20.1 Å². The molecule has 9 heteroatoms. The van der Waals surface area contributed by atoms with Gasteiger partial charge in [-0.05, 0) is 12.8 Å². The second kappa shape index (κ2) is 6.14. The van der Waals surface area contributed by atoms with Crippen molar-refractivity contribution in [2.24, 2.45) is 14.1 Å². The number of carboxylic acids is 1. The van der Waals surface area contributed by atoms with Crippen molar-refractivity contribution < 1.29 is 9.90 Å². The lowest BCUT2D eigenvalue weighted by Gasteiger charge is -2.23. The first-order valence-electron chi connectivity index (χ1n) is 8.04. The van der Waals surface area contributed by atoms with Crippen molar-refractivity contribution in [2.75, 3.05) is 5.32 Å². The van der Waals surface area contributed by atoms with Gasteiger partial charge in [0.05, 0.1) is 0 Å². The van der Waals surface area contributed by atoms with Crippen molar-refractivity contribution in [1.82, 2.24) is 18.7 Å². The van der Waals surface area contributed by atoms with Gasteiger partial charge in [-0.1, -0.05) is 19.3 Å². The molecule has 24 heavy (non-hydrogen) atoms. The molecule has 0 aliphatic heterocycles. The van der Waals surface area contributed by atoms with Crippen LogP contribution in [0.25, 0.3) is 11.2 Å². The third kappa shape index (κ3) is 2.70. The quantitative estimate of drug-likeness (QED) is 0.829. The molecule has 0 unspecified atom stereocenters. The molecule has 2 N–H and O–H groups in total. The van der Waals surface area contributed by atoms with Crippen molar-refractivity contribution >= 4 is 23.1 Å². The molecule has 1 aliphatic carbocycles. The van der Waals surface area contributed by atoms with Gasteiger partial charge in [0.2, 0.25) is 5.95 Å². The Balaban J connectivity index is 2.18. The van der Waals surface area contributed by atoms with E-state index in [1.54, 1.807) is 0 Å². The summed E-state index contributed by atoms with van der Waals surface area (Å²) in [7, 11) is 2.89. The number of hydrogen-bond acceptors (Lipinski definition) is 5. The molecule has 0 atom stereocenters. The molecular formula is C15H21N5O4. The molecule has 0 aromatic carbocycles. The van der Waals surface area contributed by atoms with E-state index in [-0.39, 0.29) is 23.8 Å². The second-order valence-corrected chi connectivity index (χ2v) is 6.27. The SMILES string of the molecule is Cn1c(=O)c2c(nc(NC3CCCCC3)n2CC(=O)O)n(C)c1=O. The van der Waals surface area contributed by atoms with E-state index in [4.69, 9.17) is 0 Å². The first kappa shape index (κ1) is 16.3. The van der Waals surface area contributed by atoms with Crippen LogP contribution in [0.15, 0.2) is 9.59 Å². The number of aromatic nitrogens is 4. The summed E-state index contributed by atoms with van der Waals surface area (Å²) in [4.78, 5) is 40.2. The fourth-order valence-electron chi connectivity index (χ4n) is 3.28. The Kier molecular flexibility index (Phi) is 4.16. The normalized spacial score (nSPS) is 15.8. The van der Waals surface area contributed by atoms with Gasteiger partial charge < -0.3 is 10.4 Å². The predicted molar refractivity (Wildman–Crippen MR) is 88.3 cm³/mol. The predicted octanol–water partition coefficient (Wildman–Crippen LogP) is 0.263. The van der Waals surface area contributed by atoms with E-state index in [0.29, 0.717) is 5.95 Å². The molecule has 2 aromatic rings. The van der Waals surface area contributed by atoms with E-state index >= 15 is 0 Å². The largest absolute Gasteiger partial charge is 0.480 e. The molecule has 1 saturated carbocycles. The van der Waals surface area contributed by atoms with E-state index < -0.39 is 17.2 Å². The maximum absolute atomic E-state index is 12.5. The number of hydrogen-bond donors (Lipinski definition) is 2. The molecule has 9 nitrogen and oxygen atoms in total. The lowest BCUT2D eigenvalue weighted by atomic mass is 9.96. The van der Waals surface area contributed by atoms with Gasteiger partial charge in [-0.15, -0.1) is 0 Å². The highest BCUT2D eigenvalue weighted by Gasteiger charge is 2.23. The summed E-state index contributed by atoms with van der Waals surface area (Å²) in [6.45, 7) is -0.390. The first-order valence-corrected chi connectivity index (χ1v) is 8.04. The van der Waals surface area contributed by atoms with Crippen molar-refractivity contribution in [3.8, 4) is 0 Å². The van der Waals surface area contributed by atoms with Crippen LogP contribution in [0.4, 0.5) is 5.95 Å². The van der Waals surface area contributed by atoms with Gasteiger partial charge in [0.25, 0.3) is 5.56 Å². The molecule has 2 aromatic heterocycles. The average Bonchev–Trinajstić information content (AvgIpc) is 2.90. The highest BCUT2D eigenvalue weighted by molar-refractivity contribution is 5.77. The number of fused-ring (bicyclic) bond motifs is 1.